The molecule has 1 aromatic heterocycles. The molecule has 0 aliphatic rings. The summed E-state index contributed by atoms with van der Waals surface area (Å²) in [7, 11) is 1.59. The average molecular weight is 482 g/mol. The highest BCUT2D eigenvalue weighted by Gasteiger charge is 2.14. The molecule has 8 nitrogen and oxygen atoms in total. The summed E-state index contributed by atoms with van der Waals surface area (Å²) in [5.74, 6) is 1.91. The molecule has 0 aliphatic carbocycles. The molecule has 0 saturated carbocycles. The first-order valence-electron chi connectivity index (χ1n) is 11.3. The number of nitrogens with zero attached hydrogens (tertiary/aromatic N) is 3. The molecule has 180 valence electrons. The number of thioether (sulfide) groups is 1. The summed E-state index contributed by atoms with van der Waals surface area (Å²) in [5, 5.41) is 15.0. The van der Waals surface area contributed by atoms with Gasteiger partial charge in [-0.1, -0.05) is 37.7 Å². The summed E-state index contributed by atoms with van der Waals surface area (Å²) < 4.78 is 7.08. The number of amides is 2. The Labute approximate surface area is 204 Å². The zero-order valence-electron chi connectivity index (χ0n) is 20.0. The van der Waals surface area contributed by atoms with Crippen molar-refractivity contribution >= 4 is 29.3 Å². The summed E-state index contributed by atoms with van der Waals surface area (Å²) in [4.78, 5) is 24.7. The maximum absolute atomic E-state index is 12.4. The zero-order chi connectivity index (χ0) is 24.5. The third-order valence-corrected chi connectivity index (χ3v) is 6.26. The third kappa shape index (κ3) is 6.84. The number of nitrogens with one attached hydrogen (secondary N) is 2. The second-order valence-electron chi connectivity index (χ2n) is 7.99. The highest BCUT2D eigenvalue weighted by Crippen LogP contribution is 2.20. The predicted molar refractivity (Wildman–Crippen MR) is 135 cm³/mol. The van der Waals surface area contributed by atoms with Crippen LogP contribution in [0.5, 0.6) is 5.75 Å². The average Bonchev–Trinajstić information content (AvgIpc) is 3.24. The number of rotatable bonds is 11. The monoisotopic (exact) mass is 481 g/mol. The number of benzene rings is 2. The molecule has 2 amide bonds. The maximum atomic E-state index is 12.4. The van der Waals surface area contributed by atoms with E-state index < -0.39 is 0 Å². The van der Waals surface area contributed by atoms with Gasteiger partial charge in [0.05, 0.1) is 12.9 Å². The van der Waals surface area contributed by atoms with Gasteiger partial charge in [-0.15, -0.1) is 10.2 Å². The highest BCUT2D eigenvalue weighted by atomic mass is 32.2. The van der Waals surface area contributed by atoms with E-state index in [0.29, 0.717) is 41.9 Å². The summed E-state index contributed by atoms with van der Waals surface area (Å²) in [6, 6.07) is 14.9. The molecule has 0 radical (unpaired) electrons. The van der Waals surface area contributed by atoms with Crippen LogP contribution in [0.3, 0.4) is 0 Å². The van der Waals surface area contributed by atoms with E-state index in [0.717, 1.165) is 11.5 Å². The third-order valence-electron chi connectivity index (χ3n) is 5.29. The second-order valence-corrected chi connectivity index (χ2v) is 8.93. The topological polar surface area (TPSA) is 98.1 Å². The molecule has 3 aromatic rings. The normalized spacial score (nSPS) is 10.9. The predicted octanol–water partition coefficient (Wildman–Crippen LogP) is 4.13. The molecule has 0 unspecified atom stereocenters. The molecule has 34 heavy (non-hydrogen) atoms. The van der Waals surface area contributed by atoms with E-state index in [4.69, 9.17) is 4.74 Å². The van der Waals surface area contributed by atoms with Crippen LogP contribution in [0.2, 0.25) is 0 Å². The Morgan fingerprint density at radius 2 is 1.76 bits per heavy atom. The van der Waals surface area contributed by atoms with Crippen molar-refractivity contribution < 1.29 is 14.3 Å². The first-order chi connectivity index (χ1) is 16.4. The quantitative estimate of drug-likeness (QED) is 0.400. The number of hydrogen-bond acceptors (Lipinski definition) is 6. The number of aromatic nitrogens is 3. The molecule has 0 aliphatic heterocycles. The van der Waals surface area contributed by atoms with Crippen molar-refractivity contribution in [3.8, 4) is 5.75 Å². The van der Waals surface area contributed by atoms with Crippen LogP contribution in [-0.2, 0) is 17.8 Å². The molecule has 0 saturated heterocycles. The largest absolute Gasteiger partial charge is 0.497 e. The van der Waals surface area contributed by atoms with Crippen molar-refractivity contribution in [1.82, 2.24) is 20.1 Å². The second kappa shape index (κ2) is 12.2. The fourth-order valence-corrected chi connectivity index (χ4v) is 4.16. The lowest BCUT2D eigenvalue weighted by Crippen LogP contribution is -2.26. The van der Waals surface area contributed by atoms with Crippen LogP contribution in [0, 0.1) is 0 Å². The molecule has 2 N–H and O–H groups in total. The lowest BCUT2D eigenvalue weighted by molar-refractivity contribution is -0.113. The van der Waals surface area contributed by atoms with Crippen molar-refractivity contribution in [2.75, 3.05) is 24.7 Å². The number of carbonyl (C=O) groups excluding carboxylic acids is 2. The van der Waals surface area contributed by atoms with E-state index in [-0.39, 0.29) is 17.6 Å². The van der Waals surface area contributed by atoms with Crippen molar-refractivity contribution in [2.24, 2.45) is 0 Å². The minimum absolute atomic E-state index is 0.0961. The molecule has 0 fully saturated rings. The summed E-state index contributed by atoms with van der Waals surface area (Å²) in [6.45, 7) is 7.38. The Morgan fingerprint density at radius 1 is 1.06 bits per heavy atom. The van der Waals surface area contributed by atoms with Gasteiger partial charge in [0.2, 0.25) is 5.91 Å². The van der Waals surface area contributed by atoms with Gasteiger partial charge in [-0.2, -0.15) is 0 Å². The molecular weight excluding hydrogens is 450 g/mol. The van der Waals surface area contributed by atoms with Crippen LogP contribution in [0.25, 0.3) is 0 Å². The van der Waals surface area contributed by atoms with Gasteiger partial charge < -0.3 is 19.9 Å². The molecule has 1 heterocycles. The van der Waals surface area contributed by atoms with Gasteiger partial charge in [-0.05, 0) is 54.8 Å². The Bertz CT molecular complexity index is 1090. The van der Waals surface area contributed by atoms with Gasteiger partial charge in [0.15, 0.2) is 5.16 Å². The molecule has 3 rings (SSSR count). The van der Waals surface area contributed by atoms with Crippen molar-refractivity contribution in [1.29, 1.82) is 0 Å². The number of ether oxygens (including phenoxy) is 1. The maximum Gasteiger partial charge on any atom is 0.251 e. The minimum atomic E-state index is -0.155. The van der Waals surface area contributed by atoms with Crippen LogP contribution < -0.4 is 15.4 Å². The molecule has 0 bridgehead atoms. The summed E-state index contributed by atoms with van der Waals surface area (Å²) in [5.41, 5.74) is 2.58. The summed E-state index contributed by atoms with van der Waals surface area (Å²) >= 11 is 1.35. The molecular formula is C25H31N5O3S. The Balaban J connectivity index is 1.49. The lowest BCUT2D eigenvalue weighted by atomic mass is 10.0. The number of anilines is 1. The van der Waals surface area contributed by atoms with Gasteiger partial charge >= 0.3 is 0 Å². The van der Waals surface area contributed by atoms with Gasteiger partial charge in [-0.3, -0.25) is 9.59 Å². The van der Waals surface area contributed by atoms with Crippen LogP contribution in [0.4, 0.5) is 5.69 Å². The fraction of sp³-hybridized carbons (Fsp3) is 0.360. The number of methoxy groups -OCH3 is 1. The lowest BCUT2D eigenvalue weighted by Gasteiger charge is -2.10. The van der Waals surface area contributed by atoms with Crippen LogP contribution in [0.1, 0.15) is 48.4 Å². The van der Waals surface area contributed by atoms with E-state index in [9.17, 15) is 9.59 Å². The van der Waals surface area contributed by atoms with E-state index in [1.807, 2.05) is 35.8 Å². The van der Waals surface area contributed by atoms with Gasteiger partial charge in [0, 0.05) is 30.8 Å². The Kier molecular flexibility index (Phi) is 9.09. The highest BCUT2D eigenvalue weighted by molar-refractivity contribution is 7.99. The summed E-state index contributed by atoms with van der Waals surface area (Å²) in [6.07, 6.45) is 0.539. The fourth-order valence-electron chi connectivity index (χ4n) is 3.34. The number of hydrogen-bond donors (Lipinski definition) is 2. The Morgan fingerprint density at radius 3 is 2.38 bits per heavy atom. The van der Waals surface area contributed by atoms with E-state index in [1.54, 1.807) is 31.4 Å². The minimum Gasteiger partial charge on any atom is -0.497 e. The van der Waals surface area contributed by atoms with Crippen molar-refractivity contribution in [3.63, 3.8) is 0 Å². The van der Waals surface area contributed by atoms with Crippen molar-refractivity contribution in [2.45, 2.75) is 44.8 Å². The molecule has 0 atom stereocenters. The van der Waals surface area contributed by atoms with E-state index >= 15 is 0 Å². The van der Waals surface area contributed by atoms with Crippen LogP contribution >= 0.6 is 11.8 Å². The Hall–Kier alpha value is -3.33. The van der Waals surface area contributed by atoms with Crippen LogP contribution in [0.15, 0.2) is 53.7 Å². The van der Waals surface area contributed by atoms with Gasteiger partial charge in [0.1, 0.15) is 11.6 Å². The molecule has 2 aromatic carbocycles. The molecule has 9 heteroatoms. The van der Waals surface area contributed by atoms with E-state index in [1.165, 1.54) is 17.3 Å². The smallest absolute Gasteiger partial charge is 0.251 e. The standard InChI is InChI=1S/C25H31N5O3S/c1-5-30-22(14-15-26-24(32)19-8-12-21(33-4)13-9-19)28-29-25(30)34-16-23(31)27-20-10-6-18(7-11-20)17(2)3/h6-13,17H,5,14-16H2,1-4H3,(H,26,32)(H,27,31). The number of carbonyl (C=O) groups is 2. The van der Waals surface area contributed by atoms with Gasteiger partial charge in [-0.25, -0.2) is 0 Å². The first-order valence-corrected chi connectivity index (χ1v) is 12.3. The van der Waals surface area contributed by atoms with E-state index in [2.05, 4.69) is 34.7 Å². The van der Waals surface area contributed by atoms with Gasteiger partial charge in [0.25, 0.3) is 5.91 Å². The SMILES string of the molecule is CCn1c(CCNC(=O)c2ccc(OC)cc2)nnc1SCC(=O)Nc1ccc(C(C)C)cc1. The first kappa shape index (κ1) is 25.3. The molecule has 0 spiro atoms. The zero-order valence-corrected chi connectivity index (χ0v) is 20.8. The van der Waals surface area contributed by atoms with Crippen LogP contribution in [-0.4, -0.2) is 46.0 Å². The van der Waals surface area contributed by atoms with Crippen molar-refractivity contribution in [3.05, 3.63) is 65.5 Å².